The Morgan fingerprint density at radius 1 is 1.26 bits per heavy atom. The highest BCUT2D eigenvalue weighted by atomic mass is 32.2. The molecule has 1 aromatic rings. The van der Waals surface area contributed by atoms with Gasteiger partial charge in [-0.15, -0.1) is 0 Å². The minimum Gasteiger partial charge on any atom is -0.478 e. The number of carbonyl (C=O) groups is 1. The lowest BCUT2D eigenvalue weighted by Gasteiger charge is -2.14. The monoisotopic (exact) mass is 342 g/mol. The molecule has 1 atom stereocenters. The van der Waals surface area contributed by atoms with Gasteiger partial charge in [0.1, 0.15) is 0 Å². The number of benzene rings is 1. The van der Waals surface area contributed by atoms with Crippen molar-refractivity contribution in [1.82, 2.24) is 4.72 Å². The zero-order chi connectivity index (χ0) is 17.5. The van der Waals surface area contributed by atoms with Crippen molar-refractivity contribution in [2.75, 3.05) is 11.9 Å². The van der Waals surface area contributed by atoms with Gasteiger partial charge in [0.05, 0.1) is 10.5 Å². The van der Waals surface area contributed by atoms with Gasteiger partial charge in [0.25, 0.3) is 0 Å². The van der Waals surface area contributed by atoms with Crippen LogP contribution in [-0.4, -0.2) is 32.1 Å². The molecular weight excluding hydrogens is 316 g/mol. The molecule has 23 heavy (non-hydrogen) atoms. The third-order valence-corrected chi connectivity index (χ3v) is 5.18. The van der Waals surface area contributed by atoms with Gasteiger partial charge < -0.3 is 10.4 Å². The fourth-order valence-corrected chi connectivity index (χ4v) is 3.39. The van der Waals surface area contributed by atoms with E-state index >= 15 is 0 Å². The molecule has 3 N–H and O–H groups in total. The number of carboxylic acids is 1. The zero-order valence-corrected chi connectivity index (χ0v) is 14.7. The summed E-state index contributed by atoms with van der Waals surface area (Å²) < 4.78 is 27.1. The van der Waals surface area contributed by atoms with E-state index in [0.717, 1.165) is 19.3 Å². The van der Waals surface area contributed by atoms with E-state index in [4.69, 9.17) is 0 Å². The SMILES string of the molecule is CCCCCNc1ccc(S(=O)(=O)N[C@@H](C)CC)cc1C(=O)O. The lowest BCUT2D eigenvalue weighted by Crippen LogP contribution is -2.32. The Morgan fingerprint density at radius 2 is 1.96 bits per heavy atom. The van der Waals surface area contributed by atoms with E-state index in [2.05, 4.69) is 17.0 Å². The number of rotatable bonds is 10. The predicted molar refractivity (Wildman–Crippen MR) is 91.5 cm³/mol. The van der Waals surface area contributed by atoms with Gasteiger partial charge in [-0.05, 0) is 38.0 Å². The van der Waals surface area contributed by atoms with E-state index in [1.807, 2.05) is 6.92 Å². The fourth-order valence-electron chi connectivity index (χ4n) is 2.04. The molecule has 0 aliphatic heterocycles. The molecule has 7 heteroatoms. The van der Waals surface area contributed by atoms with Crippen LogP contribution in [0.15, 0.2) is 23.1 Å². The highest BCUT2D eigenvalue weighted by Crippen LogP contribution is 2.21. The normalized spacial score (nSPS) is 12.8. The lowest BCUT2D eigenvalue weighted by molar-refractivity contribution is 0.0697. The number of hydrogen-bond donors (Lipinski definition) is 3. The Labute approximate surface area is 138 Å². The second-order valence-corrected chi connectivity index (χ2v) is 7.29. The van der Waals surface area contributed by atoms with Crippen molar-refractivity contribution in [2.24, 2.45) is 0 Å². The summed E-state index contributed by atoms with van der Waals surface area (Å²) in [6.07, 6.45) is 3.72. The molecule has 0 heterocycles. The van der Waals surface area contributed by atoms with Crippen molar-refractivity contribution in [3.05, 3.63) is 23.8 Å². The van der Waals surface area contributed by atoms with Gasteiger partial charge in [0.15, 0.2) is 0 Å². The Bertz CT molecular complexity index is 629. The Hall–Kier alpha value is -1.60. The molecule has 0 amide bonds. The van der Waals surface area contributed by atoms with Crippen molar-refractivity contribution in [3.63, 3.8) is 0 Å². The average Bonchev–Trinajstić information content (AvgIpc) is 2.50. The Kier molecular flexibility index (Phi) is 7.51. The zero-order valence-electron chi connectivity index (χ0n) is 13.9. The van der Waals surface area contributed by atoms with Gasteiger partial charge in [0.2, 0.25) is 10.0 Å². The van der Waals surface area contributed by atoms with E-state index in [9.17, 15) is 18.3 Å². The average molecular weight is 342 g/mol. The van der Waals surface area contributed by atoms with Gasteiger partial charge in [-0.3, -0.25) is 0 Å². The van der Waals surface area contributed by atoms with Crippen LogP contribution >= 0.6 is 0 Å². The van der Waals surface area contributed by atoms with Crippen LogP contribution in [0.4, 0.5) is 5.69 Å². The van der Waals surface area contributed by atoms with Crippen molar-refractivity contribution in [3.8, 4) is 0 Å². The number of hydrogen-bond acceptors (Lipinski definition) is 4. The molecular formula is C16H26N2O4S. The first-order valence-corrected chi connectivity index (χ1v) is 9.43. The fraction of sp³-hybridized carbons (Fsp3) is 0.562. The van der Waals surface area contributed by atoms with Crippen LogP contribution in [0.5, 0.6) is 0 Å². The number of carboxylic acid groups (broad SMARTS) is 1. The molecule has 0 fully saturated rings. The largest absolute Gasteiger partial charge is 0.478 e. The quantitative estimate of drug-likeness (QED) is 0.568. The Morgan fingerprint density at radius 3 is 2.52 bits per heavy atom. The predicted octanol–water partition coefficient (Wildman–Crippen LogP) is 3.06. The van der Waals surface area contributed by atoms with Crippen LogP contribution in [-0.2, 0) is 10.0 Å². The molecule has 0 saturated heterocycles. The minimum absolute atomic E-state index is 0.0330. The molecule has 0 bridgehead atoms. The number of anilines is 1. The van der Waals surface area contributed by atoms with Crippen molar-refractivity contribution >= 4 is 21.7 Å². The second-order valence-electron chi connectivity index (χ2n) is 5.58. The van der Waals surface area contributed by atoms with Gasteiger partial charge >= 0.3 is 5.97 Å². The first-order chi connectivity index (χ1) is 10.8. The summed E-state index contributed by atoms with van der Waals surface area (Å²) in [4.78, 5) is 11.4. The molecule has 0 unspecified atom stereocenters. The molecule has 0 saturated carbocycles. The van der Waals surface area contributed by atoms with Gasteiger partial charge in [-0.25, -0.2) is 17.9 Å². The summed E-state index contributed by atoms with van der Waals surface area (Å²) in [6, 6.07) is 3.94. The molecule has 0 aliphatic rings. The summed E-state index contributed by atoms with van der Waals surface area (Å²) >= 11 is 0. The van der Waals surface area contributed by atoms with Crippen molar-refractivity contribution < 1.29 is 18.3 Å². The summed E-state index contributed by atoms with van der Waals surface area (Å²) in [6.45, 7) is 6.39. The van der Waals surface area contributed by atoms with E-state index in [0.29, 0.717) is 18.7 Å². The van der Waals surface area contributed by atoms with Crippen LogP contribution in [0.1, 0.15) is 56.8 Å². The molecule has 130 valence electrons. The van der Waals surface area contributed by atoms with Crippen molar-refractivity contribution in [1.29, 1.82) is 0 Å². The van der Waals surface area contributed by atoms with Gasteiger partial charge in [-0.1, -0.05) is 26.7 Å². The van der Waals surface area contributed by atoms with E-state index in [1.165, 1.54) is 18.2 Å². The first kappa shape index (κ1) is 19.4. The minimum atomic E-state index is -3.71. The maximum atomic E-state index is 12.3. The molecule has 0 radical (unpaired) electrons. The molecule has 0 aliphatic carbocycles. The van der Waals surface area contributed by atoms with Crippen LogP contribution in [0.3, 0.4) is 0 Å². The maximum absolute atomic E-state index is 12.3. The lowest BCUT2D eigenvalue weighted by atomic mass is 10.1. The van der Waals surface area contributed by atoms with Gasteiger partial charge in [0, 0.05) is 18.3 Å². The van der Waals surface area contributed by atoms with Crippen LogP contribution in [0.25, 0.3) is 0 Å². The van der Waals surface area contributed by atoms with E-state index in [-0.39, 0.29) is 16.5 Å². The molecule has 0 spiro atoms. The summed E-state index contributed by atoms with van der Waals surface area (Å²) in [5.41, 5.74) is 0.407. The molecule has 0 aromatic heterocycles. The van der Waals surface area contributed by atoms with Crippen molar-refractivity contribution in [2.45, 2.75) is 57.4 Å². The van der Waals surface area contributed by atoms with Crippen LogP contribution in [0, 0.1) is 0 Å². The smallest absolute Gasteiger partial charge is 0.337 e. The number of aromatic carboxylic acids is 1. The molecule has 6 nitrogen and oxygen atoms in total. The third kappa shape index (κ3) is 5.84. The standard InChI is InChI=1S/C16H26N2O4S/c1-4-6-7-10-17-15-9-8-13(11-14(15)16(19)20)23(21,22)18-12(3)5-2/h8-9,11-12,17-18H,4-7,10H2,1-3H3,(H,19,20)/t12-/m0/s1. The van der Waals surface area contributed by atoms with E-state index < -0.39 is 16.0 Å². The van der Waals surface area contributed by atoms with Crippen LogP contribution < -0.4 is 10.0 Å². The maximum Gasteiger partial charge on any atom is 0.337 e. The summed E-state index contributed by atoms with van der Waals surface area (Å²) in [5.74, 6) is -1.15. The van der Waals surface area contributed by atoms with E-state index in [1.54, 1.807) is 6.92 Å². The summed E-state index contributed by atoms with van der Waals surface area (Å²) in [7, 11) is -3.71. The molecule has 1 rings (SSSR count). The third-order valence-electron chi connectivity index (χ3n) is 3.60. The number of sulfonamides is 1. The first-order valence-electron chi connectivity index (χ1n) is 7.95. The molecule has 1 aromatic carbocycles. The van der Waals surface area contributed by atoms with Gasteiger partial charge in [-0.2, -0.15) is 0 Å². The highest BCUT2D eigenvalue weighted by molar-refractivity contribution is 7.89. The number of nitrogens with one attached hydrogen (secondary N) is 2. The summed E-state index contributed by atoms with van der Waals surface area (Å²) in [5, 5.41) is 12.4. The Balaban J connectivity index is 3.01. The second kappa shape index (κ2) is 8.88. The topological polar surface area (TPSA) is 95.5 Å². The van der Waals surface area contributed by atoms with Crippen LogP contribution in [0.2, 0.25) is 0 Å². The highest BCUT2D eigenvalue weighted by Gasteiger charge is 2.20. The number of unbranched alkanes of at least 4 members (excludes halogenated alkanes) is 2.